The molecule has 0 radical (unpaired) electrons. The van der Waals surface area contributed by atoms with Gasteiger partial charge in [-0.15, -0.1) is 0 Å². The number of nitriles is 1. The van der Waals surface area contributed by atoms with Crippen molar-refractivity contribution in [2.24, 2.45) is 5.92 Å². The summed E-state index contributed by atoms with van der Waals surface area (Å²) in [5, 5.41) is 12.0. The van der Waals surface area contributed by atoms with E-state index in [0.717, 1.165) is 17.5 Å². The second-order valence-electron chi connectivity index (χ2n) is 5.68. The summed E-state index contributed by atoms with van der Waals surface area (Å²) in [7, 11) is 0. The average Bonchev–Trinajstić information content (AvgIpc) is 2.56. The quantitative estimate of drug-likeness (QED) is 0.885. The molecule has 1 N–H and O–H groups in total. The average molecular weight is 257 g/mol. The lowest BCUT2D eigenvalue weighted by Gasteiger charge is -2.30. The highest BCUT2D eigenvalue weighted by molar-refractivity contribution is 5.74. The van der Waals surface area contributed by atoms with Crippen molar-refractivity contribution in [1.82, 2.24) is 10.3 Å². The lowest BCUT2D eigenvalue weighted by molar-refractivity contribution is -0.120. The Morgan fingerprint density at radius 3 is 2.79 bits per heavy atom. The number of hydrogen-bond donors (Lipinski definition) is 1. The smallest absolute Gasteiger partial charge is 0.217 e. The number of fused-ring (bicyclic) bond motifs is 1. The molecule has 2 unspecified atom stereocenters. The predicted octanol–water partition coefficient (Wildman–Crippen LogP) is 2.45. The van der Waals surface area contributed by atoms with Crippen LogP contribution < -0.4 is 5.32 Å². The van der Waals surface area contributed by atoms with E-state index in [1.807, 2.05) is 6.07 Å². The van der Waals surface area contributed by atoms with Crippen LogP contribution >= 0.6 is 0 Å². The second-order valence-corrected chi connectivity index (χ2v) is 5.68. The zero-order chi connectivity index (χ0) is 14.2. The highest BCUT2D eigenvalue weighted by atomic mass is 16.1. The molecule has 0 spiro atoms. The van der Waals surface area contributed by atoms with Crippen LogP contribution in [0.15, 0.2) is 12.3 Å². The lowest BCUT2D eigenvalue weighted by Crippen LogP contribution is -2.34. The zero-order valence-electron chi connectivity index (χ0n) is 11.8. The van der Waals surface area contributed by atoms with Crippen molar-refractivity contribution in [1.29, 1.82) is 5.26 Å². The van der Waals surface area contributed by atoms with Gasteiger partial charge in [-0.2, -0.15) is 5.26 Å². The molecule has 0 aromatic carbocycles. The minimum Gasteiger partial charge on any atom is -0.349 e. The van der Waals surface area contributed by atoms with Crippen molar-refractivity contribution < 1.29 is 4.79 Å². The van der Waals surface area contributed by atoms with Crippen molar-refractivity contribution in [2.45, 2.75) is 45.6 Å². The molecule has 0 aliphatic heterocycles. The van der Waals surface area contributed by atoms with E-state index in [-0.39, 0.29) is 17.4 Å². The third-order valence-corrected chi connectivity index (χ3v) is 4.21. The minimum absolute atomic E-state index is 0.0254. The molecule has 19 heavy (non-hydrogen) atoms. The van der Waals surface area contributed by atoms with Gasteiger partial charge in [0.25, 0.3) is 0 Å². The van der Waals surface area contributed by atoms with Gasteiger partial charge in [0.05, 0.1) is 6.04 Å². The maximum absolute atomic E-state index is 11.4. The van der Waals surface area contributed by atoms with Gasteiger partial charge in [-0.3, -0.25) is 4.79 Å². The highest BCUT2D eigenvalue weighted by Gasteiger charge is 2.45. The summed E-state index contributed by atoms with van der Waals surface area (Å²) in [5.74, 6) is 0.282. The van der Waals surface area contributed by atoms with E-state index in [1.54, 1.807) is 6.20 Å². The van der Waals surface area contributed by atoms with Crippen LogP contribution in [0.4, 0.5) is 0 Å². The van der Waals surface area contributed by atoms with Crippen LogP contribution in [0, 0.1) is 17.2 Å². The Kier molecular flexibility index (Phi) is 3.32. The molecule has 1 heterocycles. The number of carbonyl (C=O) groups excluding carboxylic acids is 1. The Balaban J connectivity index is 2.56. The summed E-state index contributed by atoms with van der Waals surface area (Å²) < 4.78 is 0. The number of nitrogens with one attached hydrogen (secondary N) is 1. The summed E-state index contributed by atoms with van der Waals surface area (Å²) in [6.45, 7) is 8.01. The number of rotatable bonds is 2. The van der Waals surface area contributed by atoms with Gasteiger partial charge in [0.2, 0.25) is 5.91 Å². The normalized spacial score (nSPS) is 23.5. The van der Waals surface area contributed by atoms with Gasteiger partial charge < -0.3 is 5.32 Å². The molecule has 0 bridgehead atoms. The minimum atomic E-state index is -0.0435. The van der Waals surface area contributed by atoms with Crippen molar-refractivity contribution in [3.05, 3.63) is 29.1 Å². The Hall–Kier alpha value is -1.89. The van der Waals surface area contributed by atoms with Gasteiger partial charge in [0, 0.05) is 13.1 Å². The van der Waals surface area contributed by atoms with Crippen LogP contribution in [0.1, 0.15) is 57.0 Å². The van der Waals surface area contributed by atoms with Gasteiger partial charge >= 0.3 is 0 Å². The summed E-state index contributed by atoms with van der Waals surface area (Å²) >= 11 is 0. The molecular weight excluding hydrogens is 238 g/mol. The third kappa shape index (κ3) is 2.10. The van der Waals surface area contributed by atoms with Crippen LogP contribution in [0.3, 0.4) is 0 Å². The number of amides is 1. The largest absolute Gasteiger partial charge is 0.349 e. The van der Waals surface area contributed by atoms with Crippen molar-refractivity contribution in [2.75, 3.05) is 0 Å². The Morgan fingerprint density at radius 1 is 1.58 bits per heavy atom. The molecule has 4 nitrogen and oxygen atoms in total. The molecule has 4 heteroatoms. The van der Waals surface area contributed by atoms with Crippen LogP contribution in [-0.4, -0.2) is 10.9 Å². The molecule has 2 atom stereocenters. The fourth-order valence-corrected chi connectivity index (χ4v) is 3.30. The molecule has 0 fully saturated rings. The maximum atomic E-state index is 11.4. The van der Waals surface area contributed by atoms with E-state index in [0.29, 0.717) is 11.6 Å². The fraction of sp³-hybridized carbons (Fsp3) is 0.533. The molecule has 1 aromatic rings. The summed E-state index contributed by atoms with van der Waals surface area (Å²) in [6, 6.07) is 3.85. The van der Waals surface area contributed by atoms with Crippen LogP contribution in [0.5, 0.6) is 0 Å². The monoisotopic (exact) mass is 257 g/mol. The molecular formula is C15H19N3O. The predicted molar refractivity (Wildman–Crippen MR) is 72.3 cm³/mol. The molecule has 100 valence electrons. The van der Waals surface area contributed by atoms with Gasteiger partial charge in [-0.05, 0) is 28.5 Å². The maximum Gasteiger partial charge on any atom is 0.217 e. The Bertz CT molecular complexity index is 557. The van der Waals surface area contributed by atoms with Crippen molar-refractivity contribution >= 4 is 5.91 Å². The van der Waals surface area contributed by atoms with Gasteiger partial charge in [-0.1, -0.05) is 27.2 Å². The Labute approximate surface area is 113 Å². The first-order valence-electron chi connectivity index (χ1n) is 6.59. The molecule has 1 aliphatic rings. The number of pyridine rings is 1. The van der Waals surface area contributed by atoms with Crippen molar-refractivity contribution in [3.8, 4) is 6.07 Å². The summed E-state index contributed by atoms with van der Waals surface area (Å²) in [5.41, 5.74) is 2.54. The molecule has 1 aromatic heterocycles. The van der Waals surface area contributed by atoms with E-state index in [4.69, 9.17) is 5.26 Å². The van der Waals surface area contributed by atoms with Crippen LogP contribution in [-0.2, 0) is 10.2 Å². The number of nitrogens with zero attached hydrogens (tertiary/aromatic N) is 2. The molecule has 1 aliphatic carbocycles. The molecule has 0 saturated heterocycles. The van der Waals surface area contributed by atoms with Gasteiger partial charge in [0.15, 0.2) is 0 Å². The second kappa shape index (κ2) is 4.65. The van der Waals surface area contributed by atoms with E-state index in [9.17, 15) is 4.79 Å². The third-order valence-electron chi connectivity index (χ3n) is 4.21. The number of carbonyl (C=O) groups is 1. The summed E-state index contributed by atoms with van der Waals surface area (Å²) in [6.07, 6.45) is 2.76. The van der Waals surface area contributed by atoms with Gasteiger partial charge in [-0.25, -0.2) is 4.98 Å². The topological polar surface area (TPSA) is 65.8 Å². The SMILES string of the molecule is CCC1C(NC(C)=O)c2cc(C#N)ncc2C1(C)C. The van der Waals surface area contributed by atoms with E-state index < -0.39 is 0 Å². The first-order valence-corrected chi connectivity index (χ1v) is 6.59. The van der Waals surface area contributed by atoms with Gasteiger partial charge in [0.1, 0.15) is 11.8 Å². The number of aromatic nitrogens is 1. The molecule has 1 amide bonds. The molecule has 2 rings (SSSR count). The fourth-order valence-electron chi connectivity index (χ4n) is 3.30. The van der Waals surface area contributed by atoms with E-state index >= 15 is 0 Å². The standard InChI is InChI=1S/C15H19N3O/c1-5-12-14(18-9(2)19)11-6-10(7-16)17-8-13(11)15(12,3)4/h6,8,12,14H,5H2,1-4H3,(H,18,19). The first kappa shape index (κ1) is 13.5. The lowest BCUT2D eigenvalue weighted by atomic mass is 9.76. The van der Waals surface area contributed by atoms with E-state index in [2.05, 4.69) is 37.1 Å². The number of hydrogen-bond acceptors (Lipinski definition) is 3. The van der Waals surface area contributed by atoms with E-state index in [1.165, 1.54) is 6.92 Å². The zero-order valence-corrected chi connectivity index (χ0v) is 11.8. The Morgan fingerprint density at radius 2 is 2.26 bits per heavy atom. The van der Waals surface area contributed by atoms with Crippen LogP contribution in [0.25, 0.3) is 0 Å². The summed E-state index contributed by atoms with van der Waals surface area (Å²) in [4.78, 5) is 15.6. The first-order chi connectivity index (χ1) is 8.91. The van der Waals surface area contributed by atoms with Crippen molar-refractivity contribution in [3.63, 3.8) is 0 Å². The highest BCUT2D eigenvalue weighted by Crippen LogP contribution is 2.50. The molecule has 0 saturated carbocycles. The van der Waals surface area contributed by atoms with Crippen LogP contribution in [0.2, 0.25) is 0 Å².